The predicted molar refractivity (Wildman–Crippen MR) is 130 cm³/mol. The van der Waals surface area contributed by atoms with E-state index in [2.05, 4.69) is 19.2 Å². The highest BCUT2D eigenvalue weighted by molar-refractivity contribution is 7.45. The van der Waals surface area contributed by atoms with Gasteiger partial charge < -0.3 is 5.32 Å². The van der Waals surface area contributed by atoms with Crippen LogP contribution < -0.4 is 5.32 Å². The van der Waals surface area contributed by atoms with E-state index in [9.17, 15) is 4.20 Å². The first kappa shape index (κ1) is 32.2. The third-order valence-corrected chi connectivity index (χ3v) is 5.41. The molecule has 0 radical (unpaired) electrons. The molecule has 0 rings (SSSR count). The lowest BCUT2D eigenvalue weighted by Gasteiger charge is -2.05. The normalized spacial score (nSPS) is 11.4. The zero-order valence-corrected chi connectivity index (χ0v) is 21.1. The maximum Gasteiger partial charge on any atom is 0.507 e. The second kappa shape index (κ2) is 27.1. The summed E-state index contributed by atoms with van der Waals surface area (Å²) in [6, 6.07) is 0. The minimum atomic E-state index is -5.14. The van der Waals surface area contributed by atoms with E-state index in [4.69, 9.17) is 14.4 Å². The van der Waals surface area contributed by atoms with Gasteiger partial charge in [-0.2, -0.15) is 0 Å². The van der Waals surface area contributed by atoms with Crippen LogP contribution in [0.3, 0.4) is 0 Å². The second-order valence-corrected chi connectivity index (χ2v) is 9.53. The van der Waals surface area contributed by atoms with Crippen molar-refractivity contribution in [2.75, 3.05) is 13.1 Å². The van der Waals surface area contributed by atoms with Crippen molar-refractivity contribution in [1.82, 2.24) is 5.32 Å². The number of hydrogen-bond acceptors (Lipinski definition) is 2. The molecule has 0 unspecified atom stereocenters. The second-order valence-electron chi connectivity index (χ2n) is 8.59. The van der Waals surface area contributed by atoms with Crippen molar-refractivity contribution in [1.29, 1.82) is 0 Å². The number of halogens is 1. The summed E-state index contributed by atoms with van der Waals surface area (Å²) in [5.74, 6) is 0. The lowest BCUT2D eigenvalue weighted by Crippen LogP contribution is -2.16. The molecule has 0 aromatic heterocycles. The summed E-state index contributed by atoms with van der Waals surface area (Å²) >= 11 is 0. The van der Waals surface area contributed by atoms with Gasteiger partial charge in [0, 0.05) is 0 Å². The highest BCUT2D eigenvalue weighted by atomic mass is 31.2. The molecule has 0 aliphatic carbocycles. The molecule has 0 fully saturated rings. The van der Waals surface area contributed by atoms with Crippen LogP contribution in [0.2, 0.25) is 0 Å². The quantitative estimate of drug-likeness (QED) is 0.114. The fourth-order valence-corrected chi connectivity index (χ4v) is 3.60. The molecule has 0 amide bonds. The smallest absolute Gasteiger partial charge is 0.317 e. The molecule has 0 heterocycles. The Bertz CT molecular complexity index is 323. The molecule has 0 aliphatic rings. The molecular weight excluding hydrogens is 400 g/mol. The van der Waals surface area contributed by atoms with E-state index < -0.39 is 7.91 Å². The van der Waals surface area contributed by atoms with Crippen LogP contribution in [0.25, 0.3) is 0 Å². The van der Waals surface area contributed by atoms with Gasteiger partial charge in [0.25, 0.3) is 0 Å². The Hall–Kier alpha value is 0.0400. The van der Waals surface area contributed by atoms with E-state index in [1.807, 2.05) is 0 Å². The van der Waals surface area contributed by atoms with E-state index in [1.54, 1.807) is 0 Å². The average Bonchev–Trinajstić information content (AvgIpc) is 2.68. The van der Waals surface area contributed by atoms with E-state index in [0.29, 0.717) is 0 Å². The van der Waals surface area contributed by atoms with Gasteiger partial charge in [-0.1, -0.05) is 129 Å². The van der Waals surface area contributed by atoms with Crippen LogP contribution in [-0.2, 0) is 4.57 Å². The SMILES string of the molecule is CCCCCCCCCCCCNCCCCCCCCCCCC.O=P(O)(O)F. The van der Waals surface area contributed by atoms with Gasteiger partial charge in [-0.25, -0.2) is 4.57 Å². The molecule has 0 saturated carbocycles. The van der Waals surface area contributed by atoms with Crippen molar-refractivity contribution in [3.05, 3.63) is 0 Å². The first-order valence-corrected chi connectivity index (χ1v) is 14.4. The molecule has 0 spiro atoms. The number of nitrogens with one attached hydrogen (secondary N) is 1. The van der Waals surface area contributed by atoms with Crippen LogP contribution in [0.4, 0.5) is 4.20 Å². The zero-order chi connectivity index (χ0) is 22.8. The number of rotatable bonds is 22. The Morgan fingerprint density at radius 1 is 0.533 bits per heavy atom. The molecular formula is C24H53FNO3P. The summed E-state index contributed by atoms with van der Waals surface area (Å²) in [7, 11) is -5.14. The molecule has 0 bridgehead atoms. The van der Waals surface area contributed by atoms with Crippen molar-refractivity contribution in [2.24, 2.45) is 0 Å². The Labute approximate surface area is 187 Å². The molecule has 0 aliphatic heterocycles. The molecule has 0 aromatic carbocycles. The predicted octanol–water partition coefficient (Wildman–Crippen LogP) is 8.47. The summed E-state index contributed by atoms with van der Waals surface area (Å²) < 4.78 is 19.0. The maximum absolute atomic E-state index is 10.4. The first-order chi connectivity index (χ1) is 14.4. The average molecular weight is 454 g/mol. The van der Waals surface area contributed by atoms with E-state index >= 15 is 0 Å². The first-order valence-electron chi connectivity index (χ1n) is 12.9. The van der Waals surface area contributed by atoms with Crippen LogP contribution in [-0.4, -0.2) is 22.9 Å². The third kappa shape index (κ3) is 42.2. The fourth-order valence-electron chi connectivity index (χ4n) is 3.60. The van der Waals surface area contributed by atoms with Crippen LogP contribution in [0.5, 0.6) is 0 Å². The molecule has 6 heteroatoms. The van der Waals surface area contributed by atoms with E-state index in [-0.39, 0.29) is 0 Å². The number of hydrogen-bond donors (Lipinski definition) is 3. The zero-order valence-electron chi connectivity index (χ0n) is 20.2. The maximum atomic E-state index is 10.4. The summed E-state index contributed by atoms with van der Waals surface area (Å²) in [4.78, 5) is 13.9. The fraction of sp³-hybridized carbons (Fsp3) is 1.00. The molecule has 0 atom stereocenters. The summed E-state index contributed by atoms with van der Waals surface area (Å²) in [6.45, 7) is 7.08. The highest BCUT2D eigenvalue weighted by Crippen LogP contribution is 2.35. The van der Waals surface area contributed by atoms with E-state index in [1.165, 1.54) is 142 Å². The largest absolute Gasteiger partial charge is 0.507 e. The van der Waals surface area contributed by atoms with Gasteiger partial charge in [0.2, 0.25) is 0 Å². The van der Waals surface area contributed by atoms with Crippen molar-refractivity contribution < 1.29 is 18.5 Å². The highest BCUT2D eigenvalue weighted by Gasteiger charge is 2.04. The standard InChI is InChI=1S/C24H51N.FH2O3P/c1-3-5-7-9-11-13-15-17-19-21-23-25-24-22-20-18-16-14-12-10-8-6-4-2;1-5(2,3)4/h25H,3-24H2,1-2H3;(H2,2,3,4). The van der Waals surface area contributed by atoms with Gasteiger partial charge in [-0.3, -0.25) is 9.79 Å². The summed E-state index contributed by atoms with van der Waals surface area (Å²) in [5, 5.41) is 3.64. The van der Waals surface area contributed by atoms with Crippen molar-refractivity contribution >= 4 is 7.91 Å². The van der Waals surface area contributed by atoms with Crippen molar-refractivity contribution in [3.8, 4) is 0 Å². The van der Waals surface area contributed by atoms with Crippen LogP contribution in [0.15, 0.2) is 0 Å². The van der Waals surface area contributed by atoms with Crippen molar-refractivity contribution in [2.45, 2.75) is 142 Å². The molecule has 0 aromatic rings. The van der Waals surface area contributed by atoms with E-state index in [0.717, 1.165) is 0 Å². The van der Waals surface area contributed by atoms with Crippen molar-refractivity contribution in [3.63, 3.8) is 0 Å². The number of unbranched alkanes of at least 4 members (excludes halogenated alkanes) is 18. The lowest BCUT2D eigenvalue weighted by atomic mass is 10.1. The van der Waals surface area contributed by atoms with Gasteiger partial charge in [-0.05, 0) is 25.9 Å². The molecule has 3 N–H and O–H groups in total. The minimum absolute atomic E-state index is 1.24. The van der Waals surface area contributed by atoms with Crippen LogP contribution >= 0.6 is 7.91 Å². The Morgan fingerprint density at radius 3 is 0.967 bits per heavy atom. The molecule has 30 heavy (non-hydrogen) atoms. The third-order valence-electron chi connectivity index (χ3n) is 5.41. The van der Waals surface area contributed by atoms with Crippen LogP contribution in [0, 0.1) is 0 Å². The Balaban J connectivity index is 0. The minimum Gasteiger partial charge on any atom is -0.317 e. The molecule has 4 nitrogen and oxygen atoms in total. The van der Waals surface area contributed by atoms with Gasteiger partial charge >= 0.3 is 7.91 Å². The monoisotopic (exact) mass is 453 g/mol. The van der Waals surface area contributed by atoms with Gasteiger partial charge in [0.15, 0.2) is 0 Å². The summed E-state index contributed by atoms with van der Waals surface area (Å²) in [6.07, 6.45) is 28.8. The van der Waals surface area contributed by atoms with Gasteiger partial charge in [0.05, 0.1) is 0 Å². The topological polar surface area (TPSA) is 69.6 Å². The molecule has 0 saturated heterocycles. The lowest BCUT2D eigenvalue weighted by molar-refractivity contribution is 0.322. The van der Waals surface area contributed by atoms with Gasteiger partial charge in [-0.15, -0.1) is 4.20 Å². The molecule has 184 valence electrons. The Kier molecular flexibility index (Phi) is 29.1. The van der Waals surface area contributed by atoms with Crippen LogP contribution in [0.1, 0.15) is 142 Å². The Morgan fingerprint density at radius 2 is 0.733 bits per heavy atom. The van der Waals surface area contributed by atoms with Gasteiger partial charge in [0.1, 0.15) is 0 Å². The summed E-state index contributed by atoms with van der Waals surface area (Å²) in [5.41, 5.74) is 0.